The smallest absolute Gasteiger partial charge is 0.410 e. The van der Waals surface area contributed by atoms with Gasteiger partial charge in [0.15, 0.2) is 0 Å². The van der Waals surface area contributed by atoms with Crippen molar-refractivity contribution in [3.05, 3.63) is 71.9 Å². The van der Waals surface area contributed by atoms with Gasteiger partial charge < -0.3 is 18.9 Å². The first kappa shape index (κ1) is 21.9. The Bertz CT molecular complexity index is 1050. The van der Waals surface area contributed by atoms with Gasteiger partial charge >= 0.3 is 12.1 Å². The van der Waals surface area contributed by atoms with E-state index >= 15 is 0 Å². The van der Waals surface area contributed by atoms with Gasteiger partial charge in [-0.3, -0.25) is 4.79 Å². The van der Waals surface area contributed by atoms with Crippen LogP contribution in [0, 0.1) is 5.92 Å². The molecule has 0 bridgehead atoms. The number of ether oxygens (including phenoxy) is 2. The summed E-state index contributed by atoms with van der Waals surface area (Å²) >= 11 is 0. The van der Waals surface area contributed by atoms with Crippen LogP contribution in [0.25, 0.3) is 10.9 Å². The number of benzene rings is 2. The van der Waals surface area contributed by atoms with Gasteiger partial charge in [-0.25, -0.2) is 4.79 Å². The van der Waals surface area contributed by atoms with Crippen molar-refractivity contribution >= 4 is 23.0 Å². The topological polar surface area (TPSA) is 60.8 Å². The molecule has 1 aliphatic rings. The minimum Gasteiger partial charge on any atom is -0.469 e. The molecule has 1 aliphatic heterocycles. The highest BCUT2D eigenvalue weighted by atomic mass is 16.6. The first-order valence-corrected chi connectivity index (χ1v) is 11.2. The van der Waals surface area contributed by atoms with E-state index in [1.807, 2.05) is 47.4 Å². The SMILES string of the molecule is COC(=O)Cc1cn(CCC2CCN(C(=O)OCc3ccccc3)CC2)c2ccccc12. The number of aromatic nitrogens is 1. The second-order valence-corrected chi connectivity index (χ2v) is 8.38. The Kier molecular flexibility index (Phi) is 7.10. The van der Waals surface area contributed by atoms with E-state index < -0.39 is 0 Å². The number of piperidine rings is 1. The quantitative estimate of drug-likeness (QED) is 0.502. The first-order chi connectivity index (χ1) is 15.6. The molecule has 0 spiro atoms. The van der Waals surface area contributed by atoms with Crippen molar-refractivity contribution in [3.63, 3.8) is 0 Å². The number of esters is 1. The molecule has 0 N–H and O–H groups in total. The summed E-state index contributed by atoms with van der Waals surface area (Å²) in [5.74, 6) is 0.345. The Balaban J connectivity index is 1.28. The van der Waals surface area contributed by atoms with E-state index in [-0.39, 0.29) is 18.5 Å². The van der Waals surface area contributed by atoms with Crippen LogP contribution in [0.3, 0.4) is 0 Å². The number of para-hydroxylation sites is 1. The first-order valence-electron chi connectivity index (χ1n) is 11.2. The Hall–Kier alpha value is -3.28. The highest BCUT2D eigenvalue weighted by Gasteiger charge is 2.24. The van der Waals surface area contributed by atoms with Gasteiger partial charge in [-0.2, -0.15) is 0 Å². The normalized spacial score (nSPS) is 14.5. The predicted octanol–water partition coefficient (Wildman–Crippen LogP) is 4.80. The third-order valence-electron chi connectivity index (χ3n) is 6.29. The molecule has 4 rings (SSSR count). The second kappa shape index (κ2) is 10.4. The summed E-state index contributed by atoms with van der Waals surface area (Å²) < 4.78 is 12.6. The van der Waals surface area contributed by atoms with Crippen molar-refractivity contribution in [2.75, 3.05) is 20.2 Å². The fraction of sp³-hybridized carbons (Fsp3) is 0.385. The molecular formula is C26H30N2O4. The molecule has 0 saturated carbocycles. The number of carbonyl (C=O) groups excluding carboxylic acids is 2. The predicted molar refractivity (Wildman–Crippen MR) is 123 cm³/mol. The molecule has 1 amide bonds. The number of rotatable bonds is 7. The molecule has 6 heteroatoms. The van der Waals surface area contributed by atoms with Crippen LogP contribution in [0.5, 0.6) is 0 Å². The van der Waals surface area contributed by atoms with E-state index in [2.05, 4.69) is 22.9 Å². The number of likely N-dealkylation sites (tertiary alicyclic amines) is 1. The van der Waals surface area contributed by atoms with Gasteiger partial charge in [-0.1, -0.05) is 48.5 Å². The van der Waals surface area contributed by atoms with Crippen LogP contribution in [0.1, 0.15) is 30.4 Å². The number of methoxy groups -OCH3 is 1. The number of carbonyl (C=O) groups is 2. The van der Waals surface area contributed by atoms with Crippen molar-refractivity contribution in [2.45, 2.75) is 38.8 Å². The minimum absolute atomic E-state index is 0.223. The maximum Gasteiger partial charge on any atom is 0.410 e. The van der Waals surface area contributed by atoms with Crippen molar-refractivity contribution in [3.8, 4) is 0 Å². The fourth-order valence-corrected chi connectivity index (χ4v) is 4.41. The van der Waals surface area contributed by atoms with Crippen molar-refractivity contribution in [1.29, 1.82) is 0 Å². The van der Waals surface area contributed by atoms with E-state index in [0.717, 1.165) is 60.9 Å². The van der Waals surface area contributed by atoms with Gasteiger partial charge in [-0.15, -0.1) is 0 Å². The van der Waals surface area contributed by atoms with Gasteiger partial charge in [0, 0.05) is 36.7 Å². The van der Waals surface area contributed by atoms with Gasteiger partial charge in [0.1, 0.15) is 6.61 Å². The maximum absolute atomic E-state index is 12.4. The van der Waals surface area contributed by atoms with E-state index in [9.17, 15) is 9.59 Å². The molecule has 2 aromatic carbocycles. The van der Waals surface area contributed by atoms with Crippen molar-refractivity contribution < 1.29 is 19.1 Å². The molecule has 6 nitrogen and oxygen atoms in total. The number of amides is 1. The molecule has 1 saturated heterocycles. The van der Waals surface area contributed by atoms with Gasteiger partial charge in [0.2, 0.25) is 0 Å². The fourth-order valence-electron chi connectivity index (χ4n) is 4.41. The van der Waals surface area contributed by atoms with E-state index in [4.69, 9.17) is 9.47 Å². The summed E-state index contributed by atoms with van der Waals surface area (Å²) in [6.45, 7) is 2.68. The van der Waals surface area contributed by atoms with Crippen molar-refractivity contribution in [2.24, 2.45) is 5.92 Å². The lowest BCUT2D eigenvalue weighted by molar-refractivity contribution is -0.139. The number of aryl methyl sites for hydroxylation is 1. The summed E-state index contributed by atoms with van der Waals surface area (Å²) in [5.41, 5.74) is 3.15. The van der Waals surface area contributed by atoms with E-state index in [0.29, 0.717) is 12.5 Å². The van der Waals surface area contributed by atoms with Gasteiger partial charge in [-0.05, 0) is 42.4 Å². The molecule has 0 atom stereocenters. The largest absolute Gasteiger partial charge is 0.469 e. The number of hydrogen-bond donors (Lipinski definition) is 0. The van der Waals surface area contributed by atoms with Gasteiger partial charge in [0.25, 0.3) is 0 Å². The summed E-state index contributed by atoms with van der Waals surface area (Å²) in [7, 11) is 1.42. The highest BCUT2D eigenvalue weighted by molar-refractivity contribution is 5.87. The number of hydrogen-bond acceptors (Lipinski definition) is 4. The van der Waals surface area contributed by atoms with Crippen LogP contribution in [-0.2, 0) is 33.8 Å². The lowest BCUT2D eigenvalue weighted by atomic mass is 9.94. The molecule has 3 aromatic rings. The lowest BCUT2D eigenvalue weighted by Crippen LogP contribution is -2.38. The zero-order valence-electron chi connectivity index (χ0n) is 18.5. The molecule has 0 radical (unpaired) electrons. The van der Waals surface area contributed by atoms with Crippen LogP contribution in [0.4, 0.5) is 4.79 Å². The molecule has 1 aromatic heterocycles. The molecular weight excluding hydrogens is 404 g/mol. The maximum atomic E-state index is 12.4. The van der Waals surface area contributed by atoms with Crippen LogP contribution >= 0.6 is 0 Å². The van der Waals surface area contributed by atoms with Gasteiger partial charge in [0.05, 0.1) is 13.5 Å². The third-order valence-corrected chi connectivity index (χ3v) is 6.29. The summed E-state index contributed by atoms with van der Waals surface area (Å²) in [4.78, 5) is 26.0. The Labute approximate surface area is 188 Å². The summed E-state index contributed by atoms with van der Waals surface area (Å²) in [5, 5.41) is 1.11. The monoisotopic (exact) mass is 434 g/mol. The zero-order chi connectivity index (χ0) is 22.3. The van der Waals surface area contributed by atoms with Crippen LogP contribution in [-0.4, -0.2) is 41.7 Å². The Morgan fingerprint density at radius 1 is 1.00 bits per heavy atom. The number of nitrogens with zero attached hydrogens (tertiary/aromatic N) is 2. The molecule has 32 heavy (non-hydrogen) atoms. The molecule has 0 unspecified atom stereocenters. The second-order valence-electron chi connectivity index (χ2n) is 8.38. The van der Waals surface area contributed by atoms with E-state index in [1.54, 1.807) is 0 Å². The highest BCUT2D eigenvalue weighted by Crippen LogP contribution is 2.26. The average molecular weight is 435 g/mol. The minimum atomic E-state index is -0.226. The van der Waals surface area contributed by atoms with Crippen LogP contribution in [0.15, 0.2) is 60.8 Å². The Morgan fingerprint density at radius 2 is 1.72 bits per heavy atom. The molecule has 2 heterocycles. The average Bonchev–Trinajstić information content (AvgIpc) is 3.19. The lowest BCUT2D eigenvalue weighted by Gasteiger charge is -2.31. The molecule has 1 fully saturated rings. The molecule has 0 aliphatic carbocycles. The van der Waals surface area contributed by atoms with Crippen LogP contribution in [0.2, 0.25) is 0 Å². The van der Waals surface area contributed by atoms with Crippen molar-refractivity contribution in [1.82, 2.24) is 9.47 Å². The Morgan fingerprint density at radius 3 is 2.47 bits per heavy atom. The molecule has 168 valence electrons. The standard InChI is InChI=1S/C26H30N2O4/c1-31-25(29)17-22-18-28(24-10-6-5-9-23(22)24)16-13-20-11-14-27(15-12-20)26(30)32-19-21-7-3-2-4-8-21/h2-10,18,20H,11-17,19H2,1H3. The number of fused-ring (bicyclic) bond motifs is 1. The third kappa shape index (κ3) is 5.31. The summed E-state index contributed by atoms with van der Waals surface area (Å²) in [6, 6.07) is 17.9. The zero-order valence-corrected chi connectivity index (χ0v) is 18.5. The van der Waals surface area contributed by atoms with E-state index in [1.165, 1.54) is 7.11 Å². The van der Waals surface area contributed by atoms with Crippen LogP contribution < -0.4 is 0 Å². The summed E-state index contributed by atoms with van der Waals surface area (Å²) in [6.07, 6.45) is 5.15.